The lowest BCUT2D eigenvalue weighted by Gasteiger charge is -2.33. The van der Waals surface area contributed by atoms with Gasteiger partial charge >= 0.3 is 5.97 Å². The summed E-state index contributed by atoms with van der Waals surface area (Å²) in [7, 11) is 1.84. The molecule has 144 valence electrons. The molecule has 2 fully saturated rings. The summed E-state index contributed by atoms with van der Waals surface area (Å²) < 4.78 is 5.14. The highest BCUT2D eigenvalue weighted by atomic mass is 16.5. The Kier molecular flexibility index (Phi) is 8.52. The molecule has 0 amide bonds. The molecule has 0 saturated carbocycles. The Bertz CT molecular complexity index is 425. The van der Waals surface area contributed by atoms with E-state index in [1.54, 1.807) is 0 Å². The van der Waals surface area contributed by atoms with Crippen molar-refractivity contribution in [1.82, 2.24) is 15.1 Å². The number of nitrogens with one attached hydrogen (secondary N) is 1. The minimum atomic E-state index is -0.0408. The van der Waals surface area contributed by atoms with Gasteiger partial charge in [-0.05, 0) is 64.6 Å². The van der Waals surface area contributed by atoms with Crippen molar-refractivity contribution in [2.45, 2.75) is 46.0 Å². The minimum Gasteiger partial charge on any atom is -0.466 e. The fourth-order valence-electron chi connectivity index (χ4n) is 3.71. The van der Waals surface area contributed by atoms with Crippen LogP contribution in [0.2, 0.25) is 0 Å². The van der Waals surface area contributed by atoms with Crippen LogP contribution in [-0.2, 0) is 9.53 Å². The fraction of sp³-hybridized carbons (Fsp3) is 0.895. The van der Waals surface area contributed by atoms with E-state index in [1.165, 1.54) is 32.5 Å². The summed E-state index contributed by atoms with van der Waals surface area (Å²) in [6.45, 7) is 11.0. The van der Waals surface area contributed by atoms with Gasteiger partial charge in [0.25, 0.3) is 0 Å². The summed E-state index contributed by atoms with van der Waals surface area (Å²) in [6, 6.07) is 0. The Balaban J connectivity index is 1.63. The number of esters is 1. The van der Waals surface area contributed by atoms with Gasteiger partial charge in [-0.15, -0.1) is 0 Å². The molecule has 25 heavy (non-hydrogen) atoms. The Morgan fingerprint density at radius 2 is 1.84 bits per heavy atom. The van der Waals surface area contributed by atoms with Crippen molar-refractivity contribution in [1.29, 1.82) is 0 Å². The molecule has 0 aromatic heterocycles. The van der Waals surface area contributed by atoms with Crippen molar-refractivity contribution in [3.63, 3.8) is 0 Å². The van der Waals surface area contributed by atoms with Gasteiger partial charge in [-0.1, -0.05) is 6.92 Å². The second-order valence-corrected chi connectivity index (χ2v) is 7.37. The zero-order valence-corrected chi connectivity index (χ0v) is 16.3. The fourth-order valence-corrected chi connectivity index (χ4v) is 3.71. The van der Waals surface area contributed by atoms with Crippen LogP contribution in [0.4, 0.5) is 0 Å². The Morgan fingerprint density at radius 3 is 2.44 bits per heavy atom. The van der Waals surface area contributed by atoms with Crippen molar-refractivity contribution in [3.05, 3.63) is 0 Å². The summed E-state index contributed by atoms with van der Waals surface area (Å²) in [6.07, 6.45) is 5.53. The summed E-state index contributed by atoms with van der Waals surface area (Å²) >= 11 is 0. The molecule has 0 aliphatic carbocycles. The number of hydrogen-bond donors (Lipinski definition) is 1. The van der Waals surface area contributed by atoms with Gasteiger partial charge in [0.05, 0.1) is 12.5 Å². The number of guanidine groups is 1. The number of rotatable bonds is 6. The molecular weight excluding hydrogens is 316 g/mol. The normalized spacial score (nSPS) is 21.4. The number of likely N-dealkylation sites (tertiary alicyclic amines) is 2. The third-order valence-electron chi connectivity index (χ3n) is 5.44. The summed E-state index contributed by atoms with van der Waals surface area (Å²) in [4.78, 5) is 21.1. The van der Waals surface area contributed by atoms with Crippen molar-refractivity contribution < 1.29 is 9.53 Å². The molecule has 0 radical (unpaired) electrons. The van der Waals surface area contributed by atoms with Crippen LogP contribution in [0.15, 0.2) is 4.99 Å². The maximum atomic E-state index is 11.8. The first-order chi connectivity index (χ1) is 12.1. The minimum absolute atomic E-state index is 0.0408. The topological polar surface area (TPSA) is 57.2 Å². The lowest BCUT2D eigenvalue weighted by Crippen LogP contribution is -2.47. The van der Waals surface area contributed by atoms with E-state index in [0.717, 1.165) is 50.8 Å². The van der Waals surface area contributed by atoms with E-state index < -0.39 is 0 Å². The highest BCUT2D eigenvalue weighted by Gasteiger charge is 2.27. The summed E-state index contributed by atoms with van der Waals surface area (Å²) in [5.74, 6) is 1.87. The van der Waals surface area contributed by atoms with Gasteiger partial charge in [0.2, 0.25) is 0 Å². The first kappa shape index (κ1) is 20.0. The molecule has 0 unspecified atom stereocenters. The molecule has 2 saturated heterocycles. The van der Waals surface area contributed by atoms with Crippen molar-refractivity contribution in [2.75, 3.05) is 52.9 Å². The zero-order chi connectivity index (χ0) is 18.1. The molecule has 6 heteroatoms. The molecule has 2 aliphatic heterocycles. The number of piperidine rings is 2. The highest BCUT2D eigenvalue weighted by Crippen LogP contribution is 2.19. The second-order valence-electron chi connectivity index (χ2n) is 7.37. The quantitative estimate of drug-likeness (QED) is 0.343. The van der Waals surface area contributed by atoms with Crippen LogP contribution in [0.1, 0.15) is 46.0 Å². The number of aliphatic imine (C=N–C) groups is 1. The number of carbonyl (C=O) groups excluding carboxylic acids is 1. The average Bonchev–Trinajstić information content (AvgIpc) is 2.64. The van der Waals surface area contributed by atoms with E-state index in [1.807, 2.05) is 14.0 Å². The molecule has 2 rings (SSSR count). The Morgan fingerprint density at radius 1 is 1.16 bits per heavy atom. The van der Waals surface area contributed by atoms with Gasteiger partial charge in [-0.25, -0.2) is 0 Å². The monoisotopic (exact) mass is 352 g/mol. The van der Waals surface area contributed by atoms with Gasteiger partial charge in [0, 0.05) is 26.7 Å². The molecule has 2 heterocycles. The maximum absolute atomic E-state index is 11.8. The van der Waals surface area contributed by atoms with E-state index in [4.69, 9.17) is 4.74 Å². The van der Waals surface area contributed by atoms with Crippen LogP contribution in [0, 0.1) is 11.8 Å². The molecular formula is C19H36N4O2. The lowest BCUT2D eigenvalue weighted by atomic mass is 9.97. The van der Waals surface area contributed by atoms with Gasteiger partial charge in [0.15, 0.2) is 5.96 Å². The van der Waals surface area contributed by atoms with Crippen molar-refractivity contribution in [3.8, 4) is 0 Å². The van der Waals surface area contributed by atoms with Crippen LogP contribution in [0.25, 0.3) is 0 Å². The molecule has 0 aromatic carbocycles. The number of hydrogen-bond acceptors (Lipinski definition) is 4. The van der Waals surface area contributed by atoms with E-state index in [2.05, 4.69) is 27.0 Å². The van der Waals surface area contributed by atoms with Crippen LogP contribution < -0.4 is 5.32 Å². The summed E-state index contributed by atoms with van der Waals surface area (Å²) in [5.41, 5.74) is 0. The van der Waals surface area contributed by atoms with Crippen LogP contribution >= 0.6 is 0 Å². The Hall–Kier alpha value is -1.30. The van der Waals surface area contributed by atoms with E-state index in [0.29, 0.717) is 6.61 Å². The third-order valence-corrected chi connectivity index (χ3v) is 5.44. The first-order valence-electron chi connectivity index (χ1n) is 9.98. The standard InChI is InChI=1S/C19H36N4O2/c1-4-25-18(24)17-8-14-23(15-9-17)19(20-3)21-10-5-11-22-12-6-16(2)7-13-22/h16-17H,4-15H2,1-3H3,(H,20,21). The third kappa shape index (κ3) is 6.49. The number of carbonyl (C=O) groups is 1. The molecule has 0 bridgehead atoms. The smallest absolute Gasteiger partial charge is 0.309 e. The molecule has 2 aliphatic rings. The molecule has 6 nitrogen and oxygen atoms in total. The first-order valence-corrected chi connectivity index (χ1v) is 9.98. The number of ether oxygens (including phenoxy) is 1. The van der Waals surface area contributed by atoms with E-state index in [-0.39, 0.29) is 11.9 Å². The van der Waals surface area contributed by atoms with Crippen LogP contribution in [-0.4, -0.2) is 74.7 Å². The lowest BCUT2D eigenvalue weighted by molar-refractivity contribution is -0.149. The second kappa shape index (κ2) is 10.6. The highest BCUT2D eigenvalue weighted by molar-refractivity contribution is 5.80. The molecule has 0 aromatic rings. The Labute approximate surface area is 153 Å². The predicted molar refractivity (Wildman–Crippen MR) is 102 cm³/mol. The van der Waals surface area contributed by atoms with Crippen molar-refractivity contribution >= 4 is 11.9 Å². The van der Waals surface area contributed by atoms with Gasteiger partial charge in [-0.3, -0.25) is 9.79 Å². The van der Waals surface area contributed by atoms with Gasteiger partial charge in [-0.2, -0.15) is 0 Å². The van der Waals surface area contributed by atoms with Crippen LogP contribution in [0.3, 0.4) is 0 Å². The molecule has 0 atom stereocenters. The molecule has 0 spiro atoms. The van der Waals surface area contributed by atoms with E-state index >= 15 is 0 Å². The summed E-state index contributed by atoms with van der Waals surface area (Å²) in [5, 5.41) is 3.49. The number of nitrogens with zero attached hydrogens (tertiary/aromatic N) is 3. The van der Waals surface area contributed by atoms with Crippen LogP contribution in [0.5, 0.6) is 0 Å². The van der Waals surface area contributed by atoms with E-state index in [9.17, 15) is 4.79 Å². The van der Waals surface area contributed by atoms with Gasteiger partial charge < -0.3 is 19.9 Å². The predicted octanol–water partition coefficient (Wildman–Crippen LogP) is 1.96. The zero-order valence-electron chi connectivity index (χ0n) is 16.3. The van der Waals surface area contributed by atoms with Gasteiger partial charge in [0.1, 0.15) is 0 Å². The average molecular weight is 353 g/mol. The largest absolute Gasteiger partial charge is 0.466 e. The maximum Gasteiger partial charge on any atom is 0.309 e. The van der Waals surface area contributed by atoms with Crippen molar-refractivity contribution in [2.24, 2.45) is 16.8 Å². The SMILES string of the molecule is CCOC(=O)C1CCN(C(=NC)NCCCN2CCC(C)CC2)CC1. The molecule has 1 N–H and O–H groups in total.